The number of H-pyrrole nitrogens is 1. The van der Waals surface area contributed by atoms with E-state index in [2.05, 4.69) is 14.9 Å². The van der Waals surface area contributed by atoms with Crippen LogP contribution in [0.25, 0.3) is 0 Å². The fourth-order valence-corrected chi connectivity index (χ4v) is 3.35. The summed E-state index contributed by atoms with van der Waals surface area (Å²) in [5, 5.41) is 0. The molecule has 1 saturated heterocycles. The van der Waals surface area contributed by atoms with Gasteiger partial charge < -0.3 is 9.88 Å². The van der Waals surface area contributed by atoms with Crippen molar-refractivity contribution >= 4 is 15.5 Å². The van der Waals surface area contributed by atoms with Crippen molar-refractivity contribution in [1.29, 1.82) is 0 Å². The van der Waals surface area contributed by atoms with Gasteiger partial charge in [-0.05, 0) is 18.2 Å². The van der Waals surface area contributed by atoms with Crippen LogP contribution in [-0.4, -0.2) is 55.7 Å². The molecule has 23 heavy (non-hydrogen) atoms. The molecule has 0 saturated carbocycles. The zero-order valence-electron chi connectivity index (χ0n) is 12.9. The third-order valence-electron chi connectivity index (χ3n) is 3.99. The van der Waals surface area contributed by atoms with Crippen molar-refractivity contribution in [3.63, 3.8) is 0 Å². The monoisotopic (exact) mass is 338 g/mol. The summed E-state index contributed by atoms with van der Waals surface area (Å²) in [7, 11) is -3.39. The molecule has 6 nitrogen and oxygen atoms in total. The average Bonchev–Trinajstić information content (AvgIpc) is 3.00. The van der Waals surface area contributed by atoms with Crippen molar-refractivity contribution in [3.8, 4) is 0 Å². The molecule has 0 radical (unpaired) electrons. The summed E-state index contributed by atoms with van der Waals surface area (Å²) in [5.74, 6) is 0.426. The number of sulfone groups is 1. The van der Waals surface area contributed by atoms with Crippen molar-refractivity contribution in [1.82, 2.24) is 14.9 Å². The number of anilines is 1. The van der Waals surface area contributed by atoms with E-state index in [1.807, 2.05) is 4.90 Å². The van der Waals surface area contributed by atoms with Crippen LogP contribution in [-0.2, 0) is 16.4 Å². The Morgan fingerprint density at radius 3 is 2.57 bits per heavy atom. The smallest absolute Gasteiger partial charge is 0.175 e. The predicted molar refractivity (Wildman–Crippen MR) is 85.6 cm³/mol. The van der Waals surface area contributed by atoms with Crippen LogP contribution in [0.1, 0.15) is 5.82 Å². The Morgan fingerprint density at radius 1 is 1.26 bits per heavy atom. The number of nitrogens with zero attached hydrogens (tertiary/aromatic N) is 3. The normalized spacial score (nSPS) is 16.7. The lowest BCUT2D eigenvalue weighted by Gasteiger charge is -2.35. The lowest BCUT2D eigenvalue weighted by atomic mass is 10.2. The molecular formula is C15H19FN4O2S. The first kappa shape index (κ1) is 15.9. The van der Waals surface area contributed by atoms with Crippen molar-refractivity contribution in [3.05, 3.63) is 42.2 Å². The van der Waals surface area contributed by atoms with Gasteiger partial charge in [-0.2, -0.15) is 0 Å². The molecule has 8 heteroatoms. The topological polar surface area (TPSA) is 69.3 Å². The number of aromatic nitrogens is 2. The van der Waals surface area contributed by atoms with Crippen LogP contribution < -0.4 is 4.90 Å². The number of imidazole rings is 1. The molecule has 0 unspecified atom stereocenters. The minimum atomic E-state index is -3.39. The van der Waals surface area contributed by atoms with Crippen molar-refractivity contribution in [2.75, 3.05) is 37.3 Å². The van der Waals surface area contributed by atoms with E-state index in [4.69, 9.17) is 0 Å². The minimum Gasteiger partial charge on any atom is -0.367 e. The van der Waals surface area contributed by atoms with Gasteiger partial charge in [0.2, 0.25) is 0 Å². The van der Waals surface area contributed by atoms with Gasteiger partial charge in [-0.25, -0.2) is 17.8 Å². The number of benzene rings is 1. The molecule has 0 aliphatic carbocycles. The van der Waals surface area contributed by atoms with E-state index in [0.29, 0.717) is 18.8 Å². The standard InChI is InChI=1S/C15H19FN4O2S/c1-23(21,22)12-2-3-14(13(16)10-12)20-8-6-19(7-9-20)11-15-17-4-5-18-15/h2-5,10H,6-9,11H2,1H3,(H,17,18). The third kappa shape index (κ3) is 3.70. The Hall–Kier alpha value is -1.93. The first-order chi connectivity index (χ1) is 10.9. The Morgan fingerprint density at radius 2 is 2.00 bits per heavy atom. The molecule has 1 N–H and O–H groups in total. The number of hydrogen-bond donors (Lipinski definition) is 1. The maximum Gasteiger partial charge on any atom is 0.175 e. The van der Waals surface area contributed by atoms with Crippen molar-refractivity contribution in [2.45, 2.75) is 11.4 Å². The van der Waals surface area contributed by atoms with E-state index >= 15 is 0 Å². The van der Waals surface area contributed by atoms with Crippen LogP contribution in [0.15, 0.2) is 35.5 Å². The van der Waals surface area contributed by atoms with Gasteiger partial charge in [0, 0.05) is 44.8 Å². The lowest BCUT2D eigenvalue weighted by Crippen LogP contribution is -2.46. The summed E-state index contributed by atoms with van der Waals surface area (Å²) in [4.78, 5) is 11.5. The van der Waals surface area contributed by atoms with Gasteiger partial charge in [0.05, 0.1) is 17.1 Å². The highest BCUT2D eigenvalue weighted by molar-refractivity contribution is 7.90. The van der Waals surface area contributed by atoms with E-state index in [1.165, 1.54) is 6.07 Å². The third-order valence-corrected chi connectivity index (χ3v) is 5.10. The molecule has 2 heterocycles. The van der Waals surface area contributed by atoms with Crippen LogP contribution in [0, 0.1) is 5.82 Å². The zero-order valence-corrected chi connectivity index (χ0v) is 13.7. The average molecular weight is 338 g/mol. The van der Waals surface area contributed by atoms with E-state index in [-0.39, 0.29) is 4.90 Å². The zero-order chi connectivity index (χ0) is 16.4. The van der Waals surface area contributed by atoms with Crippen molar-refractivity contribution < 1.29 is 12.8 Å². The Balaban J connectivity index is 1.65. The summed E-state index contributed by atoms with van der Waals surface area (Å²) < 4.78 is 37.2. The maximum atomic E-state index is 14.2. The number of hydrogen-bond acceptors (Lipinski definition) is 5. The van der Waals surface area contributed by atoms with Gasteiger partial charge in [0.1, 0.15) is 11.6 Å². The van der Waals surface area contributed by atoms with E-state index in [9.17, 15) is 12.8 Å². The molecular weight excluding hydrogens is 319 g/mol. The number of rotatable bonds is 4. The molecule has 0 atom stereocenters. The molecule has 1 fully saturated rings. The lowest BCUT2D eigenvalue weighted by molar-refractivity contribution is 0.244. The summed E-state index contributed by atoms with van der Waals surface area (Å²) >= 11 is 0. The highest BCUT2D eigenvalue weighted by Gasteiger charge is 2.21. The molecule has 1 aromatic heterocycles. The molecule has 0 amide bonds. The maximum absolute atomic E-state index is 14.2. The van der Waals surface area contributed by atoms with Gasteiger partial charge >= 0.3 is 0 Å². The van der Waals surface area contributed by atoms with Gasteiger partial charge in [-0.1, -0.05) is 0 Å². The van der Waals surface area contributed by atoms with E-state index < -0.39 is 15.7 Å². The van der Waals surface area contributed by atoms with E-state index in [1.54, 1.807) is 18.5 Å². The fourth-order valence-electron chi connectivity index (χ4n) is 2.72. The van der Waals surface area contributed by atoms with Crippen LogP contribution >= 0.6 is 0 Å². The Bertz CT molecular complexity index is 769. The quantitative estimate of drug-likeness (QED) is 0.909. The van der Waals surface area contributed by atoms with Crippen LogP contribution in [0.3, 0.4) is 0 Å². The SMILES string of the molecule is CS(=O)(=O)c1ccc(N2CCN(Cc3ncc[nH]3)CC2)c(F)c1. The summed E-state index contributed by atoms with van der Waals surface area (Å²) in [5.41, 5.74) is 0.454. The second kappa shape index (κ2) is 6.29. The summed E-state index contributed by atoms with van der Waals surface area (Å²) in [6.45, 7) is 3.73. The van der Waals surface area contributed by atoms with Crippen LogP contribution in [0.2, 0.25) is 0 Å². The number of halogens is 1. The molecule has 1 aromatic carbocycles. The first-order valence-corrected chi connectivity index (χ1v) is 9.28. The highest BCUT2D eigenvalue weighted by atomic mass is 32.2. The molecule has 3 rings (SSSR count). The predicted octanol–water partition coefficient (Wildman–Crippen LogP) is 1.27. The van der Waals surface area contributed by atoms with E-state index in [0.717, 1.165) is 37.8 Å². The molecule has 1 aliphatic heterocycles. The van der Waals surface area contributed by atoms with Crippen LogP contribution in [0.4, 0.5) is 10.1 Å². The van der Waals surface area contributed by atoms with Gasteiger partial charge in [0.25, 0.3) is 0 Å². The largest absolute Gasteiger partial charge is 0.367 e. The molecule has 0 bridgehead atoms. The van der Waals surface area contributed by atoms with Gasteiger partial charge in [-0.3, -0.25) is 4.90 Å². The second-order valence-corrected chi connectivity index (χ2v) is 7.70. The highest BCUT2D eigenvalue weighted by Crippen LogP contribution is 2.24. The van der Waals surface area contributed by atoms with Gasteiger partial charge in [-0.15, -0.1) is 0 Å². The Labute approximate surface area is 134 Å². The minimum absolute atomic E-state index is 0.00945. The number of aromatic amines is 1. The van der Waals surface area contributed by atoms with Gasteiger partial charge in [0.15, 0.2) is 9.84 Å². The molecule has 0 spiro atoms. The summed E-state index contributed by atoms with van der Waals surface area (Å²) in [6, 6.07) is 4.11. The molecule has 124 valence electrons. The van der Waals surface area contributed by atoms with Crippen molar-refractivity contribution in [2.24, 2.45) is 0 Å². The molecule has 2 aromatic rings. The number of nitrogens with one attached hydrogen (secondary N) is 1. The summed E-state index contributed by atoms with van der Waals surface area (Å²) in [6.07, 6.45) is 4.60. The second-order valence-electron chi connectivity index (χ2n) is 5.68. The molecule has 1 aliphatic rings. The number of piperazine rings is 1. The Kier molecular flexibility index (Phi) is 4.36. The van der Waals surface area contributed by atoms with Crippen LogP contribution in [0.5, 0.6) is 0 Å². The first-order valence-electron chi connectivity index (χ1n) is 7.38. The fraction of sp³-hybridized carbons (Fsp3) is 0.400.